The zero-order valence-corrected chi connectivity index (χ0v) is 17.2. The molecule has 1 N–H and O–H groups in total. The van der Waals surface area contributed by atoms with Gasteiger partial charge >= 0.3 is 0 Å². The van der Waals surface area contributed by atoms with E-state index in [1.165, 1.54) is 0 Å². The van der Waals surface area contributed by atoms with E-state index in [9.17, 15) is 9.59 Å². The summed E-state index contributed by atoms with van der Waals surface area (Å²) in [5.41, 5.74) is 2.31. The minimum absolute atomic E-state index is 0.104. The Hall–Kier alpha value is -3.02. The molecule has 0 aromatic heterocycles. The van der Waals surface area contributed by atoms with Crippen LogP contribution in [0.25, 0.3) is 0 Å². The fraction of sp³-hybridized carbons (Fsp3) is 0.391. The van der Waals surface area contributed by atoms with Gasteiger partial charge in [-0.3, -0.25) is 9.59 Å². The van der Waals surface area contributed by atoms with Crippen LogP contribution in [0.4, 0.5) is 11.4 Å². The van der Waals surface area contributed by atoms with E-state index in [1.807, 2.05) is 41.3 Å². The molecule has 3 rings (SSSR count). The van der Waals surface area contributed by atoms with Gasteiger partial charge in [0.2, 0.25) is 5.91 Å². The van der Waals surface area contributed by atoms with E-state index in [0.29, 0.717) is 31.0 Å². The van der Waals surface area contributed by atoms with Crippen molar-refractivity contribution in [1.82, 2.24) is 4.90 Å². The SMILES string of the molecule is CCCCOc1cccc(C(=O)Nc2ccccc2N2CCN(C(C)=O)CC2)c1. The summed E-state index contributed by atoms with van der Waals surface area (Å²) >= 11 is 0. The van der Waals surface area contributed by atoms with E-state index in [2.05, 4.69) is 17.1 Å². The fourth-order valence-corrected chi connectivity index (χ4v) is 3.37. The molecular weight excluding hydrogens is 366 g/mol. The zero-order valence-electron chi connectivity index (χ0n) is 17.2. The summed E-state index contributed by atoms with van der Waals surface area (Å²) in [7, 11) is 0. The number of ether oxygens (including phenoxy) is 1. The van der Waals surface area contributed by atoms with Crippen LogP contribution in [-0.4, -0.2) is 49.5 Å². The second-order valence-corrected chi connectivity index (χ2v) is 7.19. The maximum Gasteiger partial charge on any atom is 0.255 e. The molecule has 0 radical (unpaired) electrons. The van der Waals surface area contributed by atoms with Crippen molar-refractivity contribution in [3.8, 4) is 5.75 Å². The van der Waals surface area contributed by atoms with Crippen molar-refractivity contribution in [2.24, 2.45) is 0 Å². The molecule has 0 bridgehead atoms. The molecule has 1 aliphatic rings. The Labute approximate surface area is 172 Å². The number of unbranched alkanes of at least 4 members (excludes halogenated alkanes) is 1. The molecule has 29 heavy (non-hydrogen) atoms. The van der Waals surface area contributed by atoms with Gasteiger partial charge in [0.1, 0.15) is 5.75 Å². The van der Waals surface area contributed by atoms with Crippen molar-refractivity contribution in [2.45, 2.75) is 26.7 Å². The molecular formula is C23H29N3O3. The summed E-state index contributed by atoms with van der Waals surface area (Å²) in [6.45, 7) is 7.23. The predicted octanol–water partition coefficient (Wildman–Crippen LogP) is 3.79. The minimum atomic E-state index is -0.166. The van der Waals surface area contributed by atoms with Crippen LogP contribution in [0.15, 0.2) is 48.5 Å². The first kappa shape index (κ1) is 20.7. The Kier molecular flexibility index (Phi) is 7.11. The third kappa shape index (κ3) is 5.50. The number of nitrogens with one attached hydrogen (secondary N) is 1. The number of carbonyl (C=O) groups excluding carboxylic acids is 2. The lowest BCUT2D eigenvalue weighted by atomic mass is 10.1. The normalized spacial score (nSPS) is 13.9. The average Bonchev–Trinajstić information content (AvgIpc) is 2.74. The second kappa shape index (κ2) is 9.96. The highest BCUT2D eigenvalue weighted by atomic mass is 16.5. The summed E-state index contributed by atoms with van der Waals surface area (Å²) in [6, 6.07) is 15.1. The van der Waals surface area contributed by atoms with Gasteiger partial charge in [-0.05, 0) is 36.8 Å². The predicted molar refractivity (Wildman–Crippen MR) is 116 cm³/mol. The molecule has 0 spiro atoms. The Balaban J connectivity index is 1.69. The fourth-order valence-electron chi connectivity index (χ4n) is 3.37. The van der Waals surface area contributed by atoms with Gasteiger partial charge in [-0.1, -0.05) is 31.5 Å². The van der Waals surface area contributed by atoms with E-state index in [1.54, 1.807) is 19.1 Å². The quantitative estimate of drug-likeness (QED) is 0.725. The number of amides is 2. The van der Waals surface area contributed by atoms with Gasteiger partial charge in [0.25, 0.3) is 5.91 Å². The molecule has 154 valence electrons. The van der Waals surface area contributed by atoms with Gasteiger partial charge in [-0.25, -0.2) is 0 Å². The summed E-state index contributed by atoms with van der Waals surface area (Å²) in [5, 5.41) is 3.04. The number of nitrogens with zero attached hydrogens (tertiary/aromatic N) is 2. The van der Waals surface area contributed by atoms with E-state index in [-0.39, 0.29) is 11.8 Å². The van der Waals surface area contributed by atoms with Crippen molar-refractivity contribution in [3.05, 3.63) is 54.1 Å². The molecule has 2 aromatic carbocycles. The maximum absolute atomic E-state index is 12.8. The second-order valence-electron chi connectivity index (χ2n) is 7.19. The number of benzene rings is 2. The smallest absolute Gasteiger partial charge is 0.255 e. The molecule has 0 saturated carbocycles. The third-order valence-corrected chi connectivity index (χ3v) is 5.08. The van der Waals surface area contributed by atoms with Gasteiger partial charge < -0.3 is 19.9 Å². The Bertz CT molecular complexity index is 845. The van der Waals surface area contributed by atoms with Crippen LogP contribution in [0.1, 0.15) is 37.0 Å². The Morgan fingerprint density at radius 1 is 1.03 bits per heavy atom. The molecule has 1 fully saturated rings. The molecule has 6 heteroatoms. The monoisotopic (exact) mass is 395 g/mol. The molecule has 6 nitrogen and oxygen atoms in total. The molecule has 1 saturated heterocycles. The van der Waals surface area contributed by atoms with Gasteiger partial charge in [-0.2, -0.15) is 0 Å². The Morgan fingerprint density at radius 3 is 2.52 bits per heavy atom. The van der Waals surface area contributed by atoms with Crippen molar-refractivity contribution in [2.75, 3.05) is 43.0 Å². The minimum Gasteiger partial charge on any atom is -0.494 e. The molecule has 1 aliphatic heterocycles. The number of anilines is 2. The lowest BCUT2D eigenvalue weighted by Crippen LogP contribution is -2.48. The number of carbonyl (C=O) groups is 2. The summed E-state index contributed by atoms with van der Waals surface area (Å²) in [6.07, 6.45) is 2.05. The lowest BCUT2D eigenvalue weighted by Gasteiger charge is -2.36. The molecule has 0 atom stereocenters. The zero-order chi connectivity index (χ0) is 20.6. The first-order chi connectivity index (χ1) is 14.1. The van der Waals surface area contributed by atoms with Crippen LogP contribution in [0.2, 0.25) is 0 Å². The van der Waals surface area contributed by atoms with Crippen molar-refractivity contribution in [3.63, 3.8) is 0 Å². The third-order valence-electron chi connectivity index (χ3n) is 5.08. The van der Waals surface area contributed by atoms with Crippen molar-refractivity contribution >= 4 is 23.2 Å². The Morgan fingerprint density at radius 2 is 1.79 bits per heavy atom. The molecule has 2 aromatic rings. The standard InChI is InChI=1S/C23H29N3O3/c1-3-4-16-29-20-9-7-8-19(17-20)23(28)24-21-10-5-6-11-22(21)26-14-12-25(13-15-26)18(2)27/h5-11,17H,3-4,12-16H2,1-2H3,(H,24,28). The van der Waals surface area contributed by atoms with E-state index >= 15 is 0 Å². The lowest BCUT2D eigenvalue weighted by molar-refractivity contribution is -0.129. The molecule has 0 aliphatic carbocycles. The summed E-state index contributed by atoms with van der Waals surface area (Å²) in [5.74, 6) is 0.646. The van der Waals surface area contributed by atoms with Crippen LogP contribution < -0.4 is 15.0 Å². The molecule has 1 heterocycles. The largest absolute Gasteiger partial charge is 0.494 e. The number of rotatable bonds is 7. The van der Waals surface area contributed by atoms with Crippen molar-refractivity contribution < 1.29 is 14.3 Å². The van der Waals surface area contributed by atoms with Gasteiger partial charge in [0.15, 0.2) is 0 Å². The van der Waals surface area contributed by atoms with Gasteiger partial charge in [0.05, 0.1) is 18.0 Å². The number of hydrogen-bond acceptors (Lipinski definition) is 4. The van der Waals surface area contributed by atoms with Crippen LogP contribution in [0.5, 0.6) is 5.75 Å². The summed E-state index contributed by atoms with van der Waals surface area (Å²) < 4.78 is 5.72. The van der Waals surface area contributed by atoms with E-state index < -0.39 is 0 Å². The van der Waals surface area contributed by atoms with E-state index in [0.717, 1.165) is 37.3 Å². The molecule has 2 amide bonds. The van der Waals surface area contributed by atoms with Crippen LogP contribution in [-0.2, 0) is 4.79 Å². The van der Waals surface area contributed by atoms with Gasteiger partial charge in [0, 0.05) is 38.7 Å². The molecule has 0 unspecified atom stereocenters. The average molecular weight is 396 g/mol. The maximum atomic E-state index is 12.8. The number of piperazine rings is 1. The first-order valence-electron chi connectivity index (χ1n) is 10.2. The highest BCUT2D eigenvalue weighted by Gasteiger charge is 2.21. The highest BCUT2D eigenvalue weighted by molar-refractivity contribution is 6.06. The topological polar surface area (TPSA) is 61.9 Å². The van der Waals surface area contributed by atoms with Crippen molar-refractivity contribution in [1.29, 1.82) is 0 Å². The highest BCUT2D eigenvalue weighted by Crippen LogP contribution is 2.27. The van der Waals surface area contributed by atoms with Crippen LogP contribution >= 0.6 is 0 Å². The van der Waals surface area contributed by atoms with Crippen LogP contribution in [0.3, 0.4) is 0 Å². The van der Waals surface area contributed by atoms with Gasteiger partial charge in [-0.15, -0.1) is 0 Å². The van der Waals surface area contributed by atoms with Crippen LogP contribution in [0, 0.1) is 0 Å². The van der Waals surface area contributed by atoms with E-state index in [4.69, 9.17) is 4.74 Å². The number of para-hydroxylation sites is 2. The number of hydrogen-bond donors (Lipinski definition) is 1. The summed E-state index contributed by atoms with van der Waals surface area (Å²) in [4.78, 5) is 28.5. The first-order valence-corrected chi connectivity index (χ1v) is 10.2.